The molecule has 1 aromatic heterocycles. The molecule has 0 amide bonds. The quantitative estimate of drug-likeness (QED) is 0.638. The van der Waals surface area contributed by atoms with Crippen molar-refractivity contribution in [3.05, 3.63) is 29.6 Å². The van der Waals surface area contributed by atoms with Crippen molar-refractivity contribution in [1.82, 2.24) is 4.98 Å². The van der Waals surface area contributed by atoms with Crippen molar-refractivity contribution in [2.75, 3.05) is 0 Å². The first-order valence-corrected chi connectivity index (χ1v) is 7.15. The second-order valence-corrected chi connectivity index (χ2v) is 7.90. The number of aryl methyl sites for hydroxylation is 1. The van der Waals surface area contributed by atoms with Crippen LogP contribution in [0, 0.1) is 16.7 Å². The van der Waals surface area contributed by atoms with Crippen molar-refractivity contribution < 1.29 is 0 Å². The molecule has 100 valence electrons. The number of fused-ring (bicyclic) bond motifs is 1. The minimum Gasteiger partial charge on any atom is -0.261 e. The largest absolute Gasteiger partial charge is 0.261 e. The van der Waals surface area contributed by atoms with Gasteiger partial charge in [-0.05, 0) is 41.2 Å². The maximum atomic E-state index is 4.73. The van der Waals surface area contributed by atoms with Crippen molar-refractivity contribution in [2.45, 2.75) is 60.3 Å². The lowest BCUT2D eigenvalue weighted by Gasteiger charge is -2.46. The van der Waals surface area contributed by atoms with Crippen LogP contribution in [0.1, 0.15) is 65.1 Å². The lowest BCUT2D eigenvalue weighted by molar-refractivity contribution is 0.106. The van der Waals surface area contributed by atoms with Gasteiger partial charge in [-0.15, -0.1) is 0 Å². The van der Waals surface area contributed by atoms with Crippen LogP contribution >= 0.6 is 0 Å². The molecule has 1 aliphatic rings. The van der Waals surface area contributed by atoms with E-state index in [-0.39, 0.29) is 5.41 Å². The summed E-state index contributed by atoms with van der Waals surface area (Å²) in [5, 5.41) is 0. The van der Waals surface area contributed by atoms with Crippen LogP contribution in [0.25, 0.3) is 0 Å². The smallest absolute Gasteiger partial charge is 0.0474 e. The molecule has 1 heterocycles. The van der Waals surface area contributed by atoms with Crippen LogP contribution in [0.2, 0.25) is 0 Å². The van der Waals surface area contributed by atoms with Crippen molar-refractivity contribution in [1.29, 1.82) is 0 Å². The molecule has 0 N–H and O–H groups in total. The molecule has 1 aromatic rings. The van der Waals surface area contributed by atoms with E-state index in [0.717, 1.165) is 5.92 Å². The molecule has 0 spiro atoms. The predicted molar refractivity (Wildman–Crippen MR) is 77.7 cm³/mol. The summed E-state index contributed by atoms with van der Waals surface area (Å²) in [5.74, 6) is 1.29. The first kappa shape index (κ1) is 13.6. The fourth-order valence-electron chi connectivity index (χ4n) is 3.56. The number of aromatic nitrogens is 1. The van der Waals surface area contributed by atoms with Crippen molar-refractivity contribution in [3.63, 3.8) is 0 Å². The molecule has 2 unspecified atom stereocenters. The Morgan fingerprint density at radius 3 is 2.28 bits per heavy atom. The molecule has 0 radical (unpaired) electrons. The molecule has 0 saturated carbocycles. The zero-order chi connectivity index (χ0) is 13.6. The molecular weight excluding hydrogens is 218 g/mol. The van der Waals surface area contributed by atoms with E-state index in [4.69, 9.17) is 4.98 Å². The summed E-state index contributed by atoms with van der Waals surface area (Å²) >= 11 is 0. The van der Waals surface area contributed by atoms with E-state index in [1.165, 1.54) is 24.1 Å². The molecule has 2 atom stereocenters. The lowest BCUT2D eigenvalue weighted by atomic mass is 9.58. The Labute approximate surface area is 112 Å². The van der Waals surface area contributed by atoms with E-state index < -0.39 is 0 Å². The number of rotatable bonds is 0. The highest BCUT2D eigenvalue weighted by Crippen LogP contribution is 2.52. The van der Waals surface area contributed by atoms with Crippen molar-refractivity contribution in [3.8, 4) is 0 Å². The van der Waals surface area contributed by atoms with Gasteiger partial charge >= 0.3 is 0 Å². The van der Waals surface area contributed by atoms with Gasteiger partial charge in [-0.1, -0.05) is 47.6 Å². The Morgan fingerprint density at radius 1 is 1.06 bits per heavy atom. The highest BCUT2D eigenvalue weighted by Gasteiger charge is 2.43. The summed E-state index contributed by atoms with van der Waals surface area (Å²) in [4.78, 5) is 4.73. The normalized spacial score (nSPS) is 24.8. The molecule has 0 aromatic carbocycles. The molecule has 1 nitrogen and oxygen atoms in total. The maximum absolute atomic E-state index is 4.73. The van der Waals surface area contributed by atoms with Crippen LogP contribution < -0.4 is 0 Å². The zero-order valence-electron chi connectivity index (χ0n) is 12.7. The van der Waals surface area contributed by atoms with Gasteiger partial charge in [0, 0.05) is 17.8 Å². The molecular formula is C17H27N. The van der Waals surface area contributed by atoms with E-state index >= 15 is 0 Å². The predicted octanol–water partition coefficient (Wildman–Crippen LogP) is 4.82. The Hall–Kier alpha value is -0.850. The average Bonchev–Trinajstić information content (AvgIpc) is 2.24. The first-order chi connectivity index (χ1) is 8.21. The number of hydrogen-bond donors (Lipinski definition) is 0. The van der Waals surface area contributed by atoms with Gasteiger partial charge in [0.1, 0.15) is 0 Å². The van der Waals surface area contributed by atoms with Crippen molar-refractivity contribution >= 4 is 0 Å². The second-order valence-electron chi connectivity index (χ2n) is 7.90. The lowest BCUT2D eigenvalue weighted by Crippen LogP contribution is -2.38. The number of hydrogen-bond acceptors (Lipinski definition) is 1. The number of pyridine rings is 1. The van der Waals surface area contributed by atoms with Crippen LogP contribution in [-0.4, -0.2) is 4.98 Å². The minimum absolute atomic E-state index is 0.279. The van der Waals surface area contributed by atoms with Gasteiger partial charge < -0.3 is 0 Å². The maximum Gasteiger partial charge on any atom is 0.0474 e. The van der Waals surface area contributed by atoms with Crippen LogP contribution in [0.3, 0.4) is 0 Å². The fourth-order valence-corrected chi connectivity index (χ4v) is 3.56. The minimum atomic E-state index is 0.279. The molecule has 0 saturated heterocycles. The topological polar surface area (TPSA) is 12.9 Å². The van der Waals surface area contributed by atoms with E-state index in [1.54, 1.807) is 0 Å². The highest BCUT2D eigenvalue weighted by atomic mass is 14.7. The Balaban J connectivity index is 2.50. The molecule has 1 aliphatic carbocycles. The van der Waals surface area contributed by atoms with Crippen LogP contribution in [0.5, 0.6) is 0 Å². The van der Waals surface area contributed by atoms with Gasteiger partial charge in [0.2, 0.25) is 0 Å². The summed E-state index contributed by atoms with van der Waals surface area (Å²) in [6.07, 6.45) is 4.45. The van der Waals surface area contributed by atoms with Gasteiger partial charge in [0.25, 0.3) is 0 Å². The highest BCUT2D eigenvalue weighted by molar-refractivity contribution is 5.29. The Kier molecular flexibility index (Phi) is 3.29. The SMILES string of the molecule is CC(C)(C)C1CCc2cccnc2C1C(C)(C)C. The van der Waals surface area contributed by atoms with Gasteiger partial charge in [-0.2, -0.15) is 0 Å². The average molecular weight is 245 g/mol. The summed E-state index contributed by atoms with van der Waals surface area (Å²) in [5.41, 5.74) is 3.46. The van der Waals surface area contributed by atoms with Gasteiger partial charge in [0.15, 0.2) is 0 Å². The van der Waals surface area contributed by atoms with E-state index in [1.807, 2.05) is 6.20 Å². The third-order valence-corrected chi connectivity index (χ3v) is 4.39. The molecule has 0 fully saturated rings. The number of nitrogens with zero attached hydrogens (tertiary/aromatic N) is 1. The molecule has 0 bridgehead atoms. The summed E-state index contributed by atoms with van der Waals surface area (Å²) in [6, 6.07) is 4.34. The van der Waals surface area contributed by atoms with Crippen LogP contribution in [-0.2, 0) is 6.42 Å². The zero-order valence-corrected chi connectivity index (χ0v) is 12.7. The van der Waals surface area contributed by atoms with Crippen LogP contribution in [0.4, 0.5) is 0 Å². The molecule has 1 heteroatoms. The van der Waals surface area contributed by atoms with Gasteiger partial charge in [-0.25, -0.2) is 0 Å². The monoisotopic (exact) mass is 245 g/mol. The first-order valence-electron chi connectivity index (χ1n) is 7.15. The van der Waals surface area contributed by atoms with Crippen LogP contribution in [0.15, 0.2) is 18.3 Å². The summed E-state index contributed by atoms with van der Waals surface area (Å²) < 4.78 is 0. The molecule has 2 rings (SSSR count). The van der Waals surface area contributed by atoms with Gasteiger partial charge in [0.05, 0.1) is 0 Å². The second kappa shape index (κ2) is 4.36. The summed E-state index contributed by atoms with van der Waals surface area (Å²) in [6.45, 7) is 14.2. The standard InChI is InChI=1S/C17H27N/c1-16(2,3)13-10-9-12-8-7-11-18-15(12)14(13)17(4,5)6/h7-8,11,13-14H,9-10H2,1-6H3. The Bertz CT molecular complexity index is 420. The summed E-state index contributed by atoms with van der Waals surface area (Å²) in [7, 11) is 0. The third-order valence-electron chi connectivity index (χ3n) is 4.39. The molecule has 18 heavy (non-hydrogen) atoms. The Morgan fingerprint density at radius 2 is 1.72 bits per heavy atom. The third kappa shape index (κ3) is 2.46. The van der Waals surface area contributed by atoms with E-state index in [2.05, 4.69) is 53.7 Å². The van der Waals surface area contributed by atoms with E-state index in [9.17, 15) is 0 Å². The van der Waals surface area contributed by atoms with Crippen molar-refractivity contribution in [2.24, 2.45) is 16.7 Å². The fraction of sp³-hybridized carbons (Fsp3) is 0.706. The molecule has 0 aliphatic heterocycles. The van der Waals surface area contributed by atoms with E-state index in [0.29, 0.717) is 11.3 Å². The van der Waals surface area contributed by atoms with Gasteiger partial charge in [-0.3, -0.25) is 4.98 Å².